The lowest BCUT2D eigenvalue weighted by Crippen LogP contribution is -2.48. The topological polar surface area (TPSA) is 40.9 Å². The molecule has 25 heavy (non-hydrogen) atoms. The summed E-state index contributed by atoms with van der Waals surface area (Å²) in [6.45, 7) is 3.98. The molecule has 0 atom stereocenters. The molecular weight excluding hydrogens is 336 g/mol. The molecule has 1 aliphatic rings. The Morgan fingerprint density at radius 3 is 2.68 bits per heavy atom. The third kappa shape index (κ3) is 3.38. The molecule has 0 N–H and O–H groups in total. The molecule has 0 unspecified atom stereocenters. The molecule has 0 aliphatic carbocycles. The van der Waals surface area contributed by atoms with Crippen LogP contribution in [-0.2, 0) is 6.54 Å². The van der Waals surface area contributed by atoms with Crippen molar-refractivity contribution in [2.75, 3.05) is 26.2 Å². The van der Waals surface area contributed by atoms with Crippen LogP contribution in [0.2, 0.25) is 5.02 Å². The van der Waals surface area contributed by atoms with E-state index in [2.05, 4.69) is 16.0 Å². The molecule has 3 heterocycles. The van der Waals surface area contributed by atoms with Crippen LogP contribution in [0.4, 0.5) is 0 Å². The molecule has 4 rings (SSSR count). The monoisotopic (exact) mass is 354 g/mol. The number of hydrogen-bond donors (Lipinski definition) is 0. The number of aromatic nitrogens is 2. The second-order valence-corrected chi connectivity index (χ2v) is 6.68. The summed E-state index contributed by atoms with van der Waals surface area (Å²) in [5, 5.41) is 0.801. The molecule has 0 spiro atoms. The number of nitrogens with zero attached hydrogens (tertiary/aromatic N) is 4. The average molecular weight is 355 g/mol. The molecule has 1 aromatic carbocycles. The lowest BCUT2D eigenvalue weighted by Gasteiger charge is -2.35. The average Bonchev–Trinajstić information content (AvgIpc) is 3.11. The fourth-order valence-corrected chi connectivity index (χ4v) is 3.40. The SMILES string of the molecule is O=C(c1ccc2nccn2c1)N1CCN(Cc2ccccc2Cl)CC1. The molecular formula is C19H19ClN4O. The maximum Gasteiger partial charge on any atom is 0.255 e. The van der Waals surface area contributed by atoms with Gasteiger partial charge in [0.1, 0.15) is 5.65 Å². The van der Waals surface area contributed by atoms with Crippen LogP contribution >= 0.6 is 11.6 Å². The first-order chi connectivity index (χ1) is 12.2. The minimum Gasteiger partial charge on any atom is -0.336 e. The molecule has 1 aliphatic heterocycles. The van der Waals surface area contributed by atoms with Crippen molar-refractivity contribution in [1.29, 1.82) is 0 Å². The zero-order valence-electron chi connectivity index (χ0n) is 13.8. The molecule has 2 aromatic heterocycles. The van der Waals surface area contributed by atoms with Gasteiger partial charge in [-0.15, -0.1) is 0 Å². The van der Waals surface area contributed by atoms with Crippen LogP contribution in [0.15, 0.2) is 55.0 Å². The molecule has 5 nitrogen and oxygen atoms in total. The largest absolute Gasteiger partial charge is 0.336 e. The summed E-state index contributed by atoms with van der Waals surface area (Å²) >= 11 is 6.24. The van der Waals surface area contributed by atoms with Crippen molar-refractivity contribution in [3.05, 3.63) is 71.1 Å². The van der Waals surface area contributed by atoms with Crippen LogP contribution < -0.4 is 0 Å². The molecule has 3 aromatic rings. The van der Waals surface area contributed by atoms with Crippen molar-refractivity contribution in [1.82, 2.24) is 19.2 Å². The van der Waals surface area contributed by atoms with Gasteiger partial charge in [0, 0.05) is 56.3 Å². The van der Waals surface area contributed by atoms with E-state index in [1.165, 1.54) is 0 Å². The van der Waals surface area contributed by atoms with E-state index in [-0.39, 0.29) is 5.91 Å². The normalized spacial score (nSPS) is 15.6. The molecule has 0 saturated carbocycles. The Kier molecular flexibility index (Phi) is 4.42. The van der Waals surface area contributed by atoms with Gasteiger partial charge in [0.2, 0.25) is 0 Å². The standard InChI is InChI=1S/C19H19ClN4O/c20-17-4-2-1-3-15(17)13-22-9-11-23(12-10-22)19(25)16-5-6-18-21-7-8-24(18)14-16/h1-8,14H,9-13H2. The predicted octanol–water partition coefficient (Wildman–Crippen LogP) is 2.95. The summed E-state index contributed by atoms with van der Waals surface area (Å²) in [5.74, 6) is 0.0768. The van der Waals surface area contributed by atoms with Gasteiger partial charge in [0.05, 0.1) is 5.56 Å². The van der Waals surface area contributed by atoms with E-state index in [0.717, 1.165) is 49.0 Å². The molecule has 1 saturated heterocycles. The number of carbonyl (C=O) groups excluding carboxylic acids is 1. The fraction of sp³-hybridized carbons (Fsp3) is 0.263. The molecule has 1 amide bonds. The minimum absolute atomic E-state index is 0.0768. The van der Waals surface area contributed by atoms with Gasteiger partial charge in [-0.1, -0.05) is 29.8 Å². The smallest absolute Gasteiger partial charge is 0.255 e. The summed E-state index contributed by atoms with van der Waals surface area (Å²) in [5.41, 5.74) is 2.68. The molecule has 6 heteroatoms. The quantitative estimate of drug-likeness (QED) is 0.726. The second kappa shape index (κ2) is 6.86. The highest BCUT2D eigenvalue weighted by Crippen LogP contribution is 2.18. The molecule has 128 valence electrons. The molecule has 0 radical (unpaired) electrons. The van der Waals surface area contributed by atoms with Crippen LogP contribution in [0.3, 0.4) is 0 Å². The van der Waals surface area contributed by atoms with E-state index in [0.29, 0.717) is 5.56 Å². The van der Waals surface area contributed by atoms with Gasteiger partial charge in [-0.05, 0) is 23.8 Å². The maximum absolute atomic E-state index is 12.7. The number of fused-ring (bicyclic) bond motifs is 1. The highest BCUT2D eigenvalue weighted by atomic mass is 35.5. The van der Waals surface area contributed by atoms with Crippen molar-refractivity contribution < 1.29 is 4.79 Å². The van der Waals surface area contributed by atoms with Crippen LogP contribution in [0.5, 0.6) is 0 Å². The Bertz CT molecular complexity index is 899. The predicted molar refractivity (Wildman–Crippen MR) is 97.8 cm³/mol. The van der Waals surface area contributed by atoms with Crippen molar-refractivity contribution in [2.45, 2.75) is 6.54 Å². The third-order valence-electron chi connectivity index (χ3n) is 4.65. The number of imidazole rings is 1. The Labute approximate surface area is 151 Å². The van der Waals surface area contributed by atoms with E-state index in [1.807, 2.05) is 52.0 Å². The Hall–Kier alpha value is -2.37. The van der Waals surface area contributed by atoms with Crippen LogP contribution in [0, 0.1) is 0 Å². The number of amides is 1. The van der Waals surface area contributed by atoms with Crippen LogP contribution in [-0.4, -0.2) is 51.3 Å². The second-order valence-electron chi connectivity index (χ2n) is 6.27. The van der Waals surface area contributed by atoms with Crippen molar-refractivity contribution in [3.63, 3.8) is 0 Å². The first-order valence-electron chi connectivity index (χ1n) is 8.38. The van der Waals surface area contributed by atoms with Gasteiger partial charge >= 0.3 is 0 Å². The van der Waals surface area contributed by atoms with Crippen molar-refractivity contribution in [3.8, 4) is 0 Å². The first-order valence-corrected chi connectivity index (χ1v) is 8.76. The van der Waals surface area contributed by atoms with Gasteiger partial charge in [-0.2, -0.15) is 0 Å². The molecule has 0 bridgehead atoms. The Morgan fingerprint density at radius 1 is 1.08 bits per heavy atom. The lowest BCUT2D eigenvalue weighted by atomic mass is 10.2. The highest BCUT2D eigenvalue weighted by Gasteiger charge is 2.22. The number of rotatable bonds is 3. The van der Waals surface area contributed by atoms with Gasteiger partial charge in [0.25, 0.3) is 5.91 Å². The van der Waals surface area contributed by atoms with Crippen molar-refractivity contribution >= 4 is 23.2 Å². The van der Waals surface area contributed by atoms with Gasteiger partial charge in [-0.3, -0.25) is 9.69 Å². The van der Waals surface area contributed by atoms with E-state index in [1.54, 1.807) is 6.20 Å². The number of pyridine rings is 1. The lowest BCUT2D eigenvalue weighted by molar-refractivity contribution is 0.0628. The highest BCUT2D eigenvalue weighted by molar-refractivity contribution is 6.31. The third-order valence-corrected chi connectivity index (χ3v) is 5.02. The van der Waals surface area contributed by atoms with Crippen LogP contribution in [0.25, 0.3) is 5.65 Å². The first kappa shape index (κ1) is 16.1. The number of carbonyl (C=O) groups is 1. The molecule has 1 fully saturated rings. The summed E-state index contributed by atoms with van der Waals surface area (Å²) in [6.07, 6.45) is 5.44. The summed E-state index contributed by atoms with van der Waals surface area (Å²) in [4.78, 5) is 21.2. The van der Waals surface area contributed by atoms with Crippen molar-refractivity contribution in [2.24, 2.45) is 0 Å². The zero-order valence-corrected chi connectivity index (χ0v) is 14.6. The summed E-state index contributed by atoms with van der Waals surface area (Å²) < 4.78 is 1.88. The Morgan fingerprint density at radius 2 is 1.88 bits per heavy atom. The number of hydrogen-bond acceptors (Lipinski definition) is 3. The van der Waals surface area contributed by atoms with Gasteiger partial charge in [0.15, 0.2) is 0 Å². The minimum atomic E-state index is 0.0768. The number of benzene rings is 1. The zero-order chi connectivity index (χ0) is 17.2. The van der Waals surface area contributed by atoms with E-state index < -0.39 is 0 Å². The van der Waals surface area contributed by atoms with Gasteiger partial charge in [-0.25, -0.2) is 4.98 Å². The summed E-state index contributed by atoms with van der Waals surface area (Å²) in [6, 6.07) is 11.7. The number of halogens is 1. The van der Waals surface area contributed by atoms with E-state index in [9.17, 15) is 4.79 Å². The fourth-order valence-electron chi connectivity index (χ4n) is 3.21. The summed E-state index contributed by atoms with van der Waals surface area (Å²) in [7, 11) is 0. The number of piperazine rings is 1. The van der Waals surface area contributed by atoms with E-state index in [4.69, 9.17) is 11.6 Å². The maximum atomic E-state index is 12.7. The van der Waals surface area contributed by atoms with E-state index >= 15 is 0 Å². The van der Waals surface area contributed by atoms with Crippen LogP contribution in [0.1, 0.15) is 15.9 Å². The van der Waals surface area contributed by atoms with Gasteiger partial charge < -0.3 is 9.30 Å². The Balaban J connectivity index is 1.39.